The van der Waals surface area contributed by atoms with E-state index in [2.05, 4.69) is 13.8 Å². The zero-order valence-electron chi connectivity index (χ0n) is 13.2. The Bertz CT molecular complexity index is 335. The Kier molecular flexibility index (Phi) is 8.48. The van der Waals surface area contributed by atoms with Gasteiger partial charge in [-0.15, -0.1) is 0 Å². The highest BCUT2D eigenvalue weighted by Gasteiger charge is 2.23. The first-order chi connectivity index (χ1) is 9.69. The van der Waals surface area contributed by atoms with Gasteiger partial charge in [0, 0.05) is 18.4 Å². The van der Waals surface area contributed by atoms with Gasteiger partial charge >= 0.3 is 0 Å². The third-order valence-electron chi connectivity index (χ3n) is 4.22. The van der Waals surface area contributed by atoms with Gasteiger partial charge in [-0.05, 0) is 37.7 Å². The van der Waals surface area contributed by atoms with Crippen LogP contribution in [0.4, 0.5) is 0 Å². The van der Waals surface area contributed by atoms with E-state index in [1.54, 1.807) is 6.08 Å². The fourth-order valence-corrected chi connectivity index (χ4v) is 2.92. The van der Waals surface area contributed by atoms with Crippen molar-refractivity contribution in [2.45, 2.75) is 84.5 Å². The summed E-state index contributed by atoms with van der Waals surface area (Å²) in [7, 11) is 0. The molecule has 20 heavy (non-hydrogen) atoms. The Morgan fingerprint density at radius 3 is 2.15 bits per heavy atom. The minimum atomic E-state index is 0.150. The predicted octanol–water partition coefficient (Wildman–Crippen LogP) is 5.01. The van der Waals surface area contributed by atoms with Crippen LogP contribution in [-0.4, -0.2) is 11.6 Å². The molecule has 0 unspecified atom stereocenters. The molecule has 1 fully saturated rings. The van der Waals surface area contributed by atoms with Gasteiger partial charge in [0.15, 0.2) is 11.6 Å². The fraction of sp³-hybridized carbons (Fsp3) is 0.778. The molecule has 0 aromatic heterocycles. The Hall–Kier alpha value is -0.920. The van der Waals surface area contributed by atoms with E-state index in [0.29, 0.717) is 18.8 Å². The first-order valence-corrected chi connectivity index (χ1v) is 8.46. The van der Waals surface area contributed by atoms with Crippen molar-refractivity contribution in [1.29, 1.82) is 0 Å². The van der Waals surface area contributed by atoms with Crippen LogP contribution in [0.2, 0.25) is 0 Å². The summed E-state index contributed by atoms with van der Waals surface area (Å²) in [6, 6.07) is 0. The molecule has 0 aromatic rings. The van der Waals surface area contributed by atoms with Crippen molar-refractivity contribution in [2.75, 3.05) is 0 Å². The molecule has 0 spiro atoms. The van der Waals surface area contributed by atoms with Crippen molar-refractivity contribution in [3.05, 3.63) is 11.6 Å². The van der Waals surface area contributed by atoms with Gasteiger partial charge in [0.25, 0.3) is 0 Å². The summed E-state index contributed by atoms with van der Waals surface area (Å²) in [5, 5.41) is 0. The predicted molar refractivity (Wildman–Crippen MR) is 83.7 cm³/mol. The molecular formula is C18H30O2. The lowest BCUT2D eigenvalue weighted by molar-refractivity contribution is -0.118. The second kappa shape index (κ2) is 9.90. The van der Waals surface area contributed by atoms with Gasteiger partial charge in [0.1, 0.15) is 0 Å². The first kappa shape index (κ1) is 17.1. The minimum absolute atomic E-state index is 0.150. The molecule has 0 aromatic carbocycles. The third-order valence-corrected chi connectivity index (χ3v) is 4.22. The van der Waals surface area contributed by atoms with E-state index >= 15 is 0 Å². The van der Waals surface area contributed by atoms with Crippen molar-refractivity contribution in [2.24, 2.45) is 5.92 Å². The molecule has 2 heteroatoms. The minimum Gasteiger partial charge on any atom is -0.295 e. The summed E-state index contributed by atoms with van der Waals surface area (Å²) >= 11 is 0. The van der Waals surface area contributed by atoms with Crippen molar-refractivity contribution in [1.82, 2.24) is 0 Å². The molecule has 1 aliphatic rings. The SMILES string of the molecule is CCCCC(=O)C=C(C(=O)CCCC)C1CCCCC1. The number of Topliss-reactive ketones (excluding diaryl/α,β-unsaturated/α-hetero) is 1. The van der Waals surface area contributed by atoms with Gasteiger partial charge in [-0.3, -0.25) is 9.59 Å². The molecule has 0 bridgehead atoms. The number of carbonyl (C=O) groups excluding carboxylic acids is 2. The highest BCUT2D eigenvalue weighted by molar-refractivity contribution is 6.03. The maximum Gasteiger partial charge on any atom is 0.159 e. The van der Waals surface area contributed by atoms with Crippen LogP contribution in [-0.2, 0) is 9.59 Å². The van der Waals surface area contributed by atoms with E-state index in [1.807, 2.05) is 0 Å². The van der Waals surface area contributed by atoms with Crippen LogP contribution in [0.3, 0.4) is 0 Å². The molecule has 0 atom stereocenters. The second-order valence-electron chi connectivity index (χ2n) is 6.03. The molecular weight excluding hydrogens is 248 g/mol. The molecule has 0 saturated heterocycles. The number of allylic oxidation sites excluding steroid dienone is 2. The van der Waals surface area contributed by atoms with Crippen LogP contribution in [0.5, 0.6) is 0 Å². The average molecular weight is 278 g/mol. The monoisotopic (exact) mass is 278 g/mol. The summed E-state index contributed by atoms with van der Waals surface area (Å²) in [5.74, 6) is 0.722. The summed E-state index contributed by atoms with van der Waals surface area (Å²) in [6.45, 7) is 4.19. The Labute approximate surface area is 124 Å². The number of rotatable bonds is 9. The molecule has 0 N–H and O–H groups in total. The molecule has 0 heterocycles. The van der Waals surface area contributed by atoms with Crippen molar-refractivity contribution >= 4 is 11.6 Å². The summed E-state index contributed by atoms with van der Waals surface area (Å²) in [6.07, 6.45) is 12.7. The Morgan fingerprint density at radius 1 is 0.950 bits per heavy atom. The molecule has 0 radical (unpaired) electrons. The Balaban J connectivity index is 2.73. The highest BCUT2D eigenvalue weighted by atomic mass is 16.1. The van der Waals surface area contributed by atoms with Gasteiger partial charge in [0.2, 0.25) is 0 Å². The van der Waals surface area contributed by atoms with Gasteiger partial charge < -0.3 is 0 Å². The number of hydrogen-bond acceptors (Lipinski definition) is 2. The van der Waals surface area contributed by atoms with Crippen molar-refractivity contribution in [3.63, 3.8) is 0 Å². The van der Waals surface area contributed by atoms with E-state index in [-0.39, 0.29) is 11.6 Å². The van der Waals surface area contributed by atoms with Gasteiger partial charge in [-0.25, -0.2) is 0 Å². The van der Waals surface area contributed by atoms with E-state index in [9.17, 15) is 9.59 Å². The molecule has 0 amide bonds. The zero-order chi connectivity index (χ0) is 14.8. The topological polar surface area (TPSA) is 34.1 Å². The maximum atomic E-state index is 12.4. The van der Waals surface area contributed by atoms with E-state index in [0.717, 1.165) is 44.1 Å². The molecule has 1 saturated carbocycles. The quantitative estimate of drug-likeness (QED) is 0.555. The standard InChI is InChI=1S/C18H30O2/c1-3-5-12-16(19)14-17(18(20)13-6-4-2)15-10-8-7-9-11-15/h14-15H,3-13H2,1-2H3. The van der Waals surface area contributed by atoms with E-state index in [1.165, 1.54) is 19.3 Å². The van der Waals surface area contributed by atoms with E-state index in [4.69, 9.17) is 0 Å². The normalized spacial score (nSPS) is 17.2. The van der Waals surface area contributed by atoms with Crippen LogP contribution in [0.15, 0.2) is 11.6 Å². The highest BCUT2D eigenvalue weighted by Crippen LogP contribution is 2.31. The van der Waals surface area contributed by atoms with Gasteiger partial charge in [-0.2, -0.15) is 0 Å². The summed E-state index contributed by atoms with van der Waals surface area (Å²) in [4.78, 5) is 24.4. The smallest absolute Gasteiger partial charge is 0.159 e. The average Bonchev–Trinajstić information content (AvgIpc) is 2.49. The lowest BCUT2D eigenvalue weighted by atomic mass is 9.80. The van der Waals surface area contributed by atoms with Crippen molar-refractivity contribution < 1.29 is 9.59 Å². The molecule has 1 rings (SSSR count). The third kappa shape index (κ3) is 6.02. The lowest BCUT2D eigenvalue weighted by Crippen LogP contribution is -2.17. The van der Waals surface area contributed by atoms with Crippen LogP contribution >= 0.6 is 0 Å². The van der Waals surface area contributed by atoms with Crippen LogP contribution in [0.25, 0.3) is 0 Å². The van der Waals surface area contributed by atoms with Crippen LogP contribution in [0.1, 0.15) is 84.5 Å². The van der Waals surface area contributed by atoms with Gasteiger partial charge in [0.05, 0.1) is 0 Å². The van der Waals surface area contributed by atoms with Gasteiger partial charge in [-0.1, -0.05) is 46.0 Å². The second-order valence-corrected chi connectivity index (χ2v) is 6.03. The molecule has 2 nitrogen and oxygen atoms in total. The number of ketones is 2. The maximum absolute atomic E-state index is 12.4. The van der Waals surface area contributed by atoms with Crippen LogP contribution in [0, 0.1) is 5.92 Å². The summed E-state index contributed by atoms with van der Waals surface area (Å²) < 4.78 is 0. The first-order valence-electron chi connectivity index (χ1n) is 8.46. The van der Waals surface area contributed by atoms with Crippen LogP contribution < -0.4 is 0 Å². The number of hydrogen-bond donors (Lipinski definition) is 0. The zero-order valence-corrected chi connectivity index (χ0v) is 13.2. The van der Waals surface area contributed by atoms with Crippen molar-refractivity contribution in [3.8, 4) is 0 Å². The fourth-order valence-electron chi connectivity index (χ4n) is 2.92. The summed E-state index contributed by atoms with van der Waals surface area (Å²) in [5.41, 5.74) is 0.847. The molecule has 0 aliphatic heterocycles. The number of unbranched alkanes of at least 4 members (excludes halogenated alkanes) is 2. The van der Waals surface area contributed by atoms with E-state index < -0.39 is 0 Å². The Morgan fingerprint density at radius 2 is 1.55 bits per heavy atom. The largest absolute Gasteiger partial charge is 0.295 e. The lowest BCUT2D eigenvalue weighted by Gasteiger charge is -2.23. The molecule has 114 valence electrons. The number of carbonyl (C=O) groups is 2. The molecule has 1 aliphatic carbocycles.